The van der Waals surface area contributed by atoms with Gasteiger partial charge in [-0.2, -0.15) is 4.68 Å². The molecule has 0 aliphatic carbocycles. The van der Waals surface area contributed by atoms with E-state index in [4.69, 9.17) is 5.84 Å². The van der Waals surface area contributed by atoms with Crippen LogP contribution < -0.4 is 17.1 Å². The van der Waals surface area contributed by atoms with Crippen molar-refractivity contribution >= 4 is 0 Å². The lowest BCUT2D eigenvalue weighted by molar-refractivity contribution is 0.667. The molecule has 82 valence electrons. The topological polar surface area (TPSA) is 70.0 Å². The van der Waals surface area contributed by atoms with E-state index in [1.807, 2.05) is 30.3 Å². The first-order chi connectivity index (χ1) is 7.68. The van der Waals surface area contributed by atoms with E-state index in [0.29, 0.717) is 11.2 Å². The van der Waals surface area contributed by atoms with Crippen molar-refractivity contribution in [3.05, 3.63) is 69.0 Å². The second-order valence-electron chi connectivity index (χ2n) is 3.42. The van der Waals surface area contributed by atoms with Gasteiger partial charge in [-0.25, -0.2) is 4.79 Å². The van der Waals surface area contributed by atoms with Gasteiger partial charge in [-0.3, -0.25) is 9.36 Å². The van der Waals surface area contributed by atoms with Crippen LogP contribution in [0.15, 0.2) is 52.2 Å². The zero-order valence-electron chi connectivity index (χ0n) is 8.54. The molecular formula is C11H11N3O2. The molecule has 0 radical (unpaired) electrons. The lowest BCUT2D eigenvalue weighted by Gasteiger charge is -2.06. The Balaban J connectivity index is 2.41. The second-order valence-corrected chi connectivity index (χ2v) is 3.42. The van der Waals surface area contributed by atoms with Crippen molar-refractivity contribution in [2.24, 2.45) is 0 Å². The summed E-state index contributed by atoms with van der Waals surface area (Å²) < 4.78 is 1.99. The molecule has 5 heteroatoms. The van der Waals surface area contributed by atoms with Crippen LogP contribution in [-0.4, -0.2) is 9.24 Å². The third kappa shape index (κ3) is 1.88. The maximum Gasteiger partial charge on any atom is 0.350 e. The molecule has 2 N–H and O–H groups in total. The van der Waals surface area contributed by atoms with Crippen LogP contribution in [0.25, 0.3) is 0 Å². The molecule has 0 bridgehead atoms. The Hall–Kier alpha value is -2.30. The minimum absolute atomic E-state index is 0.400. The highest BCUT2D eigenvalue weighted by Gasteiger charge is 2.01. The van der Waals surface area contributed by atoms with Gasteiger partial charge < -0.3 is 5.84 Å². The Morgan fingerprint density at radius 3 is 2.44 bits per heavy atom. The molecule has 0 unspecified atom stereocenters. The first-order valence-electron chi connectivity index (χ1n) is 4.80. The highest BCUT2D eigenvalue weighted by Crippen LogP contribution is 1.99. The Morgan fingerprint density at radius 1 is 1.06 bits per heavy atom. The number of hydrogen-bond acceptors (Lipinski definition) is 3. The van der Waals surface area contributed by atoms with E-state index >= 15 is 0 Å². The summed E-state index contributed by atoms with van der Waals surface area (Å²) in [6.07, 6.45) is 1.45. The molecule has 2 rings (SSSR count). The molecule has 0 fully saturated rings. The average molecular weight is 217 g/mol. The molecule has 1 heterocycles. The molecule has 0 amide bonds. The molecule has 1 aromatic carbocycles. The van der Waals surface area contributed by atoms with Crippen molar-refractivity contribution < 1.29 is 0 Å². The number of benzene rings is 1. The number of nitrogens with zero attached hydrogens (tertiary/aromatic N) is 2. The smallest absolute Gasteiger partial charge is 0.332 e. The van der Waals surface area contributed by atoms with Gasteiger partial charge >= 0.3 is 5.69 Å². The number of nitrogen functional groups attached to an aromatic ring is 1. The van der Waals surface area contributed by atoms with Gasteiger partial charge in [0.1, 0.15) is 0 Å². The Labute approximate surface area is 91.3 Å². The van der Waals surface area contributed by atoms with Gasteiger partial charge in [0.25, 0.3) is 5.56 Å². The maximum atomic E-state index is 11.6. The highest BCUT2D eigenvalue weighted by molar-refractivity contribution is 5.15. The van der Waals surface area contributed by atoms with E-state index in [2.05, 4.69) is 0 Å². The van der Waals surface area contributed by atoms with Crippen molar-refractivity contribution in [1.82, 2.24) is 9.24 Å². The number of aromatic nitrogens is 2. The third-order valence-corrected chi connectivity index (χ3v) is 2.28. The van der Waals surface area contributed by atoms with Crippen LogP contribution in [0.3, 0.4) is 0 Å². The normalized spacial score (nSPS) is 10.2. The fraction of sp³-hybridized carbons (Fsp3) is 0.0909. The summed E-state index contributed by atoms with van der Waals surface area (Å²) >= 11 is 0. The Morgan fingerprint density at radius 2 is 1.75 bits per heavy atom. The lowest BCUT2D eigenvalue weighted by Crippen LogP contribution is -2.43. The largest absolute Gasteiger partial charge is 0.350 e. The summed E-state index contributed by atoms with van der Waals surface area (Å²) in [5.41, 5.74) is -0.0473. The maximum absolute atomic E-state index is 11.6. The van der Waals surface area contributed by atoms with E-state index in [-0.39, 0.29) is 0 Å². The predicted octanol–water partition coefficient (Wildman–Crippen LogP) is -0.228. The number of rotatable bonds is 2. The van der Waals surface area contributed by atoms with E-state index < -0.39 is 11.2 Å². The molecular weight excluding hydrogens is 206 g/mol. The SMILES string of the molecule is Nn1c(=O)ccn(Cc2ccccc2)c1=O. The van der Waals surface area contributed by atoms with Crippen molar-refractivity contribution in [2.75, 3.05) is 5.84 Å². The van der Waals surface area contributed by atoms with Gasteiger partial charge in [-0.15, -0.1) is 0 Å². The highest BCUT2D eigenvalue weighted by atomic mass is 16.2. The van der Waals surface area contributed by atoms with Crippen molar-refractivity contribution in [3.8, 4) is 0 Å². The van der Waals surface area contributed by atoms with Gasteiger partial charge in [-0.05, 0) is 5.56 Å². The lowest BCUT2D eigenvalue weighted by atomic mass is 10.2. The van der Waals surface area contributed by atoms with Gasteiger partial charge in [0.05, 0.1) is 6.54 Å². The predicted molar refractivity (Wildman–Crippen MR) is 60.7 cm³/mol. The summed E-state index contributed by atoms with van der Waals surface area (Å²) in [5, 5.41) is 0. The first kappa shape index (κ1) is 10.2. The fourth-order valence-electron chi connectivity index (χ4n) is 1.43. The van der Waals surface area contributed by atoms with Gasteiger partial charge in [0.2, 0.25) is 0 Å². The summed E-state index contributed by atoms with van der Waals surface area (Å²) in [7, 11) is 0. The molecule has 16 heavy (non-hydrogen) atoms. The van der Waals surface area contributed by atoms with E-state index in [1.165, 1.54) is 16.8 Å². The summed E-state index contributed by atoms with van der Waals surface area (Å²) in [4.78, 5) is 22.7. The molecule has 0 saturated heterocycles. The molecule has 1 aromatic heterocycles. The fourth-order valence-corrected chi connectivity index (χ4v) is 1.43. The van der Waals surface area contributed by atoms with Crippen LogP contribution in [0, 0.1) is 0 Å². The van der Waals surface area contributed by atoms with Crippen molar-refractivity contribution in [2.45, 2.75) is 6.54 Å². The summed E-state index contributed by atoms with van der Waals surface area (Å²) in [5.74, 6) is 5.31. The standard InChI is InChI=1S/C11H11N3O2/c12-14-10(15)6-7-13(11(14)16)8-9-4-2-1-3-5-9/h1-7H,8,12H2. The van der Waals surface area contributed by atoms with Gasteiger partial charge in [-0.1, -0.05) is 30.3 Å². The average Bonchev–Trinajstić information content (AvgIpc) is 2.31. The van der Waals surface area contributed by atoms with Gasteiger partial charge in [0.15, 0.2) is 0 Å². The molecule has 0 saturated carbocycles. The van der Waals surface area contributed by atoms with Crippen molar-refractivity contribution in [3.63, 3.8) is 0 Å². The molecule has 0 aliphatic heterocycles. The van der Waals surface area contributed by atoms with Crippen LogP contribution in [0.5, 0.6) is 0 Å². The third-order valence-electron chi connectivity index (χ3n) is 2.28. The zero-order valence-corrected chi connectivity index (χ0v) is 8.54. The van der Waals surface area contributed by atoms with Crippen LogP contribution in [0.2, 0.25) is 0 Å². The van der Waals surface area contributed by atoms with Crippen LogP contribution >= 0.6 is 0 Å². The van der Waals surface area contributed by atoms with E-state index in [9.17, 15) is 9.59 Å². The minimum atomic E-state index is -0.517. The number of hydrogen-bond donors (Lipinski definition) is 1. The van der Waals surface area contributed by atoms with Crippen LogP contribution in [0.1, 0.15) is 5.56 Å². The minimum Gasteiger partial charge on any atom is -0.332 e. The molecule has 0 aliphatic rings. The molecule has 5 nitrogen and oxygen atoms in total. The summed E-state index contributed by atoms with van der Waals surface area (Å²) in [6.45, 7) is 0.400. The van der Waals surface area contributed by atoms with Crippen LogP contribution in [0.4, 0.5) is 0 Å². The van der Waals surface area contributed by atoms with E-state index in [1.54, 1.807) is 0 Å². The zero-order chi connectivity index (χ0) is 11.5. The quantitative estimate of drug-likeness (QED) is 0.706. The van der Waals surface area contributed by atoms with Gasteiger partial charge in [0, 0.05) is 12.3 Å². The Kier molecular flexibility index (Phi) is 2.59. The monoisotopic (exact) mass is 217 g/mol. The molecule has 0 atom stereocenters. The molecule has 0 spiro atoms. The summed E-state index contributed by atoms with van der Waals surface area (Å²) in [6, 6.07) is 10.7. The van der Waals surface area contributed by atoms with E-state index in [0.717, 1.165) is 5.56 Å². The first-order valence-corrected chi connectivity index (χ1v) is 4.80. The Bertz CT molecular complexity index is 599. The van der Waals surface area contributed by atoms with Crippen molar-refractivity contribution in [1.29, 1.82) is 0 Å². The number of nitrogens with two attached hydrogens (primary N) is 1. The van der Waals surface area contributed by atoms with Crippen LogP contribution in [-0.2, 0) is 6.54 Å². The molecule has 2 aromatic rings. The second kappa shape index (κ2) is 4.06.